The molecule has 12 heteroatoms. The van der Waals surface area contributed by atoms with Gasteiger partial charge in [-0.3, -0.25) is 9.35 Å². The van der Waals surface area contributed by atoms with E-state index in [2.05, 4.69) is 4.18 Å². The van der Waals surface area contributed by atoms with E-state index in [-0.39, 0.29) is 35.8 Å². The Labute approximate surface area is 137 Å². The maximum atomic E-state index is 10.7. The summed E-state index contributed by atoms with van der Waals surface area (Å²) in [4.78, 5) is 21.3. The molecule has 113 valence electrons. The van der Waals surface area contributed by atoms with Gasteiger partial charge in [0, 0.05) is 36.5 Å². The molecule has 0 aromatic carbocycles. The van der Waals surface area contributed by atoms with Crippen LogP contribution < -0.4 is 5.32 Å². The Balaban J connectivity index is 0. The molecule has 20 heavy (non-hydrogen) atoms. The fourth-order valence-electron chi connectivity index (χ4n) is 1.13. The first-order valence-corrected chi connectivity index (χ1v) is 6.33. The van der Waals surface area contributed by atoms with E-state index in [1.165, 1.54) is 0 Å². The smallest absolute Gasteiger partial charge is 0.388 e. The van der Waals surface area contributed by atoms with Crippen LogP contribution in [0, 0.1) is 0 Å². The monoisotopic (exact) mass is 324 g/mol. The van der Waals surface area contributed by atoms with Gasteiger partial charge in [-0.15, -0.1) is 0 Å². The van der Waals surface area contributed by atoms with Gasteiger partial charge < -0.3 is 25.4 Å². The van der Waals surface area contributed by atoms with Gasteiger partial charge in [0.15, 0.2) is 0 Å². The van der Waals surface area contributed by atoms with Crippen molar-refractivity contribution in [2.24, 2.45) is 0 Å². The summed E-state index contributed by atoms with van der Waals surface area (Å²) in [5.41, 5.74) is 0. The third kappa shape index (κ3) is 8.94. The number of aldehydes is 1. The van der Waals surface area contributed by atoms with Crippen LogP contribution in [0.1, 0.15) is 6.92 Å². The molecule has 0 rings (SSSR count). The van der Waals surface area contributed by atoms with E-state index in [1.807, 2.05) is 5.32 Å². The molecule has 0 heterocycles. The van der Waals surface area contributed by atoms with Crippen LogP contribution in [0.5, 0.6) is 0 Å². The van der Waals surface area contributed by atoms with Crippen molar-refractivity contribution in [2.45, 2.75) is 31.3 Å². The van der Waals surface area contributed by atoms with Gasteiger partial charge in [-0.2, -0.15) is 8.42 Å². The SMILES string of the molecule is CC(=O)N[C@@H](C=O)[C@@H](O)[C@H](O)[C@H](O)COS(=O)(=O)O.[Na]. The number of carbonyl (C=O) groups excluding carboxylic acids is 2. The van der Waals surface area contributed by atoms with Crippen molar-refractivity contribution >= 4 is 52.1 Å². The van der Waals surface area contributed by atoms with Gasteiger partial charge in [0.1, 0.15) is 30.6 Å². The molecule has 0 bridgehead atoms. The molecule has 5 N–H and O–H groups in total. The third-order valence-corrected chi connectivity index (χ3v) is 2.45. The summed E-state index contributed by atoms with van der Waals surface area (Å²) in [6.07, 6.45) is -5.65. The van der Waals surface area contributed by atoms with Crippen molar-refractivity contribution in [3.8, 4) is 0 Å². The number of amides is 1. The summed E-state index contributed by atoms with van der Waals surface area (Å²) < 4.78 is 32.5. The zero-order chi connectivity index (χ0) is 15.2. The van der Waals surface area contributed by atoms with Crippen LogP contribution >= 0.6 is 0 Å². The van der Waals surface area contributed by atoms with E-state index in [0.717, 1.165) is 6.92 Å². The Morgan fingerprint density at radius 2 is 1.80 bits per heavy atom. The molecule has 0 saturated heterocycles. The predicted molar refractivity (Wildman–Crippen MR) is 64.9 cm³/mol. The zero-order valence-corrected chi connectivity index (χ0v) is 13.6. The molecule has 0 fully saturated rings. The van der Waals surface area contributed by atoms with Crippen molar-refractivity contribution in [3.63, 3.8) is 0 Å². The summed E-state index contributed by atoms with van der Waals surface area (Å²) in [7, 11) is -4.82. The molecule has 0 unspecified atom stereocenters. The fourth-order valence-corrected chi connectivity index (χ4v) is 1.44. The van der Waals surface area contributed by atoms with Gasteiger partial charge in [-0.25, -0.2) is 4.18 Å². The Kier molecular flexibility index (Phi) is 10.8. The molecule has 0 aromatic rings. The van der Waals surface area contributed by atoms with Gasteiger partial charge in [0.05, 0.1) is 6.61 Å². The number of nitrogens with one attached hydrogen (secondary N) is 1. The third-order valence-electron chi connectivity index (χ3n) is 2.02. The van der Waals surface area contributed by atoms with Crippen molar-refractivity contribution < 1.29 is 42.1 Å². The molecular weight excluding hydrogens is 309 g/mol. The predicted octanol–water partition coefficient (Wildman–Crippen LogP) is -3.79. The first-order valence-electron chi connectivity index (χ1n) is 4.97. The molecule has 1 radical (unpaired) electrons. The second-order valence-corrected chi connectivity index (χ2v) is 4.71. The molecule has 0 aliphatic heterocycles. The molecule has 0 aromatic heterocycles. The number of rotatable bonds is 8. The molecule has 0 spiro atoms. The molecule has 1 amide bonds. The second-order valence-electron chi connectivity index (χ2n) is 3.62. The number of aliphatic hydroxyl groups excluding tert-OH is 3. The minimum Gasteiger partial charge on any atom is -0.388 e. The van der Waals surface area contributed by atoms with Crippen molar-refractivity contribution in [3.05, 3.63) is 0 Å². The topological polar surface area (TPSA) is 170 Å². The van der Waals surface area contributed by atoms with Gasteiger partial charge >= 0.3 is 10.4 Å². The normalized spacial score (nSPS) is 17.2. The standard InChI is InChI=1S/C8H15NO9S.Na/c1-4(11)9-5(2-10)7(13)8(14)6(12)3-18-19(15,16)17;/h2,5-8,12-14H,3H2,1H3,(H,9,11)(H,15,16,17);/t5-,6+,7+,8+;/m0./s1. The number of hydrogen-bond acceptors (Lipinski definition) is 8. The first-order chi connectivity index (χ1) is 8.58. The van der Waals surface area contributed by atoms with Crippen LogP contribution in [0.2, 0.25) is 0 Å². The van der Waals surface area contributed by atoms with E-state index in [4.69, 9.17) is 4.55 Å². The Morgan fingerprint density at radius 3 is 2.15 bits per heavy atom. The van der Waals surface area contributed by atoms with Gasteiger partial charge in [-0.1, -0.05) is 0 Å². The second kappa shape index (κ2) is 9.76. The van der Waals surface area contributed by atoms with Crippen molar-refractivity contribution in [1.82, 2.24) is 5.32 Å². The molecule has 0 aliphatic carbocycles. The van der Waals surface area contributed by atoms with Crippen LogP contribution in [0.3, 0.4) is 0 Å². The average molecular weight is 324 g/mol. The minimum absolute atomic E-state index is 0. The van der Waals surface area contributed by atoms with Crippen molar-refractivity contribution in [1.29, 1.82) is 0 Å². The zero-order valence-electron chi connectivity index (χ0n) is 10.8. The minimum atomic E-state index is -4.82. The Morgan fingerprint density at radius 1 is 1.30 bits per heavy atom. The summed E-state index contributed by atoms with van der Waals surface area (Å²) >= 11 is 0. The number of carbonyl (C=O) groups is 2. The quantitative estimate of drug-likeness (QED) is 0.171. The van der Waals surface area contributed by atoms with Crippen LogP contribution in [0.4, 0.5) is 0 Å². The number of aliphatic hydroxyl groups is 3. The van der Waals surface area contributed by atoms with E-state index in [9.17, 15) is 33.3 Å². The molecule has 10 nitrogen and oxygen atoms in total. The summed E-state index contributed by atoms with van der Waals surface area (Å²) in [6.45, 7) is 0.0240. The van der Waals surface area contributed by atoms with Crippen LogP contribution in [0.15, 0.2) is 0 Å². The van der Waals surface area contributed by atoms with Gasteiger partial charge in [0.2, 0.25) is 5.91 Å². The van der Waals surface area contributed by atoms with E-state index < -0.39 is 47.3 Å². The molecular formula is C8H15NNaO9S. The van der Waals surface area contributed by atoms with Gasteiger partial charge in [-0.05, 0) is 0 Å². The summed E-state index contributed by atoms with van der Waals surface area (Å²) in [5, 5.41) is 30.2. The number of hydrogen-bond donors (Lipinski definition) is 5. The maximum absolute atomic E-state index is 10.7. The van der Waals surface area contributed by atoms with E-state index >= 15 is 0 Å². The van der Waals surface area contributed by atoms with E-state index in [1.54, 1.807) is 0 Å². The molecule has 0 saturated carbocycles. The van der Waals surface area contributed by atoms with Crippen LogP contribution in [0.25, 0.3) is 0 Å². The molecule has 4 atom stereocenters. The largest absolute Gasteiger partial charge is 0.397 e. The average Bonchev–Trinajstić information content (AvgIpc) is 2.29. The summed E-state index contributed by atoms with van der Waals surface area (Å²) in [6, 6.07) is -1.49. The van der Waals surface area contributed by atoms with Gasteiger partial charge in [0.25, 0.3) is 0 Å². The Bertz CT molecular complexity index is 414. The molecule has 0 aliphatic rings. The first kappa shape index (κ1) is 22.2. The Hall–Kier alpha value is -0.110. The van der Waals surface area contributed by atoms with Crippen molar-refractivity contribution in [2.75, 3.05) is 6.61 Å². The van der Waals surface area contributed by atoms with Crippen LogP contribution in [-0.2, 0) is 24.2 Å². The van der Waals surface area contributed by atoms with E-state index in [0.29, 0.717) is 0 Å². The summed E-state index contributed by atoms with van der Waals surface area (Å²) in [5.74, 6) is -0.660. The maximum Gasteiger partial charge on any atom is 0.397 e. The fraction of sp³-hybridized carbons (Fsp3) is 0.750. The van der Waals surface area contributed by atoms with Crippen LogP contribution in [-0.4, -0.2) is 101 Å².